The first-order valence-corrected chi connectivity index (χ1v) is 7.71. The lowest BCUT2D eigenvalue weighted by Gasteiger charge is -2.08. The highest BCUT2D eigenvalue weighted by Gasteiger charge is 2.21. The molecule has 25 heavy (non-hydrogen) atoms. The van der Waals surface area contributed by atoms with Gasteiger partial charge >= 0.3 is 11.9 Å². The number of carbonyl (C=O) groups is 3. The Morgan fingerprint density at radius 2 is 1.92 bits per heavy atom. The summed E-state index contributed by atoms with van der Waals surface area (Å²) in [5.74, 6) is -2.19. The number of ether oxygens (including phenoxy) is 2. The van der Waals surface area contributed by atoms with Gasteiger partial charge in [-0.2, -0.15) is 0 Å². The summed E-state index contributed by atoms with van der Waals surface area (Å²) in [4.78, 5) is 45.7. The van der Waals surface area contributed by atoms with E-state index in [9.17, 15) is 24.5 Å². The van der Waals surface area contributed by atoms with Crippen molar-refractivity contribution in [1.82, 2.24) is 0 Å². The summed E-state index contributed by atoms with van der Waals surface area (Å²) in [7, 11) is 0. The van der Waals surface area contributed by atoms with Crippen LogP contribution in [0.25, 0.3) is 6.08 Å². The minimum Gasteiger partial charge on any atom is -0.462 e. The number of nitrogens with zero attached hydrogens (tertiary/aromatic N) is 1. The summed E-state index contributed by atoms with van der Waals surface area (Å²) in [6, 6.07) is 5.45. The van der Waals surface area contributed by atoms with E-state index < -0.39 is 29.3 Å². The quantitative estimate of drug-likeness (QED) is 0.168. The lowest BCUT2D eigenvalue weighted by molar-refractivity contribution is -0.384. The number of hydrogen-bond donors (Lipinski definition) is 0. The molecular weight excluding hydrogens is 330 g/mol. The molecule has 8 nitrogen and oxygen atoms in total. The summed E-state index contributed by atoms with van der Waals surface area (Å²) >= 11 is 0. The third kappa shape index (κ3) is 6.54. The summed E-state index contributed by atoms with van der Waals surface area (Å²) in [6.07, 6.45) is 1.85. The van der Waals surface area contributed by atoms with Gasteiger partial charge in [0.25, 0.3) is 5.69 Å². The number of hydrogen-bond acceptors (Lipinski definition) is 7. The van der Waals surface area contributed by atoms with Gasteiger partial charge in [-0.15, -0.1) is 0 Å². The molecule has 0 heterocycles. The van der Waals surface area contributed by atoms with E-state index in [1.807, 2.05) is 0 Å². The van der Waals surface area contributed by atoms with Gasteiger partial charge in [0.2, 0.25) is 5.78 Å². The van der Waals surface area contributed by atoms with Crippen molar-refractivity contribution >= 4 is 29.5 Å². The predicted octanol–water partition coefficient (Wildman–Crippen LogP) is 2.45. The molecule has 0 atom stereocenters. The molecule has 8 heteroatoms. The molecule has 0 saturated carbocycles. The van der Waals surface area contributed by atoms with Crippen molar-refractivity contribution in [2.75, 3.05) is 13.2 Å². The molecule has 0 unspecified atom stereocenters. The summed E-state index contributed by atoms with van der Waals surface area (Å²) in [6.45, 7) is 2.88. The fraction of sp³-hybridized carbons (Fsp3) is 0.353. The maximum absolute atomic E-state index is 12.2. The van der Waals surface area contributed by atoms with Gasteiger partial charge in [-0.05, 0) is 18.1 Å². The normalized spacial score (nSPS) is 10.9. The predicted molar refractivity (Wildman–Crippen MR) is 88.6 cm³/mol. The van der Waals surface area contributed by atoms with Crippen LogP contribution in [0, 0.1) is 10.1 Å². The van der Waals surface area contributed by atoms with E-state index in [4.69, 9.17) is 9.47 Å². The van der Waals surface area contributed by atoms with Crippen molar-refractivity contribution < 1.29 is 28.8 Å². The maximum Gasteiger partial charge on any atom is 0.341 e. The van der Waals surface area contributed by atoms with E-state index >= 15 is 0 Å². The minimum atomic E-state index is -0.870. The molecule has 1 aromatic carbocycles. The second-order valence-corrected chi connectivity index (χ2v) is 4.98. The molecule has 0 aliphatic carbocycles. The highest BCUT2D eigenvalue weighted by Crippen LogP contribution is 2.17. The molecule has 0 aliphatic heterocycles. The van der Waals surface area contributed by atoms with Gasteiger partial charge in [0.15, 0.2) is 6.61 Å². The fourth-order valence-electron chi connectivity index (χ4n) is 1.75. The Kier molecular flexibility index (Phi) is 7.98. The van der Waals surface area contributed by atoms with Crippen LogP contribution in [0.1, 0.15) is 32.3 Å². The van der Waals surface area contributed by atoms with Crippen LogP contribution in [0.15, 0.2) is 29.8 Å². The second kappa shape index (κ2) is 9.96. The Labute approximate surface area is 144 Å². The fourth-order valence-corrected chi connectivity index (χ4v) is 1.75. The molecule has 0 amide bonds. The third-order valence-corrected chi connectivity index (χ3v) is 3.00. The minimum absolute atomic E-state index is 0.0947. The van der Waals surface area contributed by atoms with Crippen LogP contribution in [-0.4, -0.2) is 35.9 Å². The Hall–Kier alpha value is -3.03. The van der Waals surface area contributed by atoms with E-state index in [0.717, 1.165) is 0 Å². The lowest BCUT2D eigenvalue weighted by Crippen LogP contribution is -2.21. The van der Waals surface area contributed by atoms with Crippen LogP contribution in [0.3, 0.4) is 0 Å². The SMILES string of the molecule is CCCOC(=O)C(=Cc1cccc([N+](=O)[O-])c1)C(=O)COC(=O)CC. The van der Waals surface area contributed by atoms with Gasteiger partial charge in [-0.1, -0.05) is 26.0 Å². The van der Waals surface area contributed by atoms with Crippen molar-refractivity contribution in [2.24, 2.45) is 0 Å². The zero-order valence-corrected chi connectivity index (χ0v) is 14.0. The van der Waals surface area contributed by atoms with E-state index in [2.05, 4.69) is 0 Å². The van der Waals surface area contributed by atoms with Crippen molar-refractivity contribution in [3.8, 4) is 0 Å². The Morgan fingerprint density at radius 3 is 2.52 bits per heavy atom. The highest BCUT2D eigenvalue weighted by molar-refractivity contribution is 6.21. The zero-order valence-electron chi connectivity index (χ0n) is 14.0. The molecule has 0 bridgehead atoms. The Balaban J connectivity index is 3.10. The van der Waals surface area contributed by atoms with Crippen LogP contribution in [-0.2, 0) is 23.9 Å². The van der Waals surface area contributed by atoms with Crippen molar-refractivity contribution in [3.63, 3.8) is 0 Å². The summed E-state index contributed by atoms with van der Waals surface area (Å²) in [5, 5.41) is 10.8. The van der Waals surface area contributed by atoms with E-state index in [-0.39, 0.29) is 29.9 Å². The van der Waals surface area contributed by atoms with Crippen LogP contribution in [0.4, 0.5) is 5.69 Å². The first kappa shape index (κ1) is 20.0. The van der Waals surface area contributed by atoms with Crippen molar-refractivity contribution in [1.29, 1.82) is 0 Å². The standard InChI is InChI=1S/C17H19NO7/c1-3-8-24-17(21)14(15(19)11-25-16(20)4-2)10-12-6-5-7-13(9-12)18(22)23/h5-7,9-10H,3-4,8,11H2,1-2H3. The van der Waals surface area contributed by atoms with Crippen LogP contribution in [0.5, 0.6) is 0 Å². The van der Waals surface area contributed by atoms with Crippen LogP contribution in [0.2, 0.25) is 0 Å². The molecule has 0 N–H and O–H groups in total. The number of nitro groups is 1. The molecular formula is C17H19NO7. The first-order valence-electron chi connectivity index (χ1n) is 7.71. The number of rotatable bonds is 9. The van der Waals surface area contributed by atoms with Crippen LogP contribution < -0.4 is 0 Å². The molecule has 0 saturated heterocycles. The Morgan fingerprint density at radius 1 is 1.20 bits per heavy atom. The molecule has 0 spiro atoms. The van der Waals surface area contributed by atoms with E-state index in [1.54, 1.807) is 13.8 Å². The van der Waals surface area contributed by atoms with Gasteiger partial charge in [0.05, 0.1) is 11.5 Å². The van der Waals surface area contributed by atoms with Gasteiger partial charge in [0, 0.05) is 18.6 Å². The molecule has 0 aromatic heterocycles. The number of ketones is 1. The smallest absolute Gasteiger partial charge is 0.341 e. The monoisotopic (exact) mass is 349 g/mol. The first-order chi connectivity index (χ1) is 11.9. The highest BCUT2D eigenvalue weighted by atomic mass is 16.6. The molecule has 0 radical (unpaired) electrons. The largest absolute Gasteiger partial charge is 0.462 e. The number of esters is 2. The average Bonchev–Trinajstić information content (AvgIpc) is 2.61. The lowest BCUT2D eigenvalue weighted by atomic mass is 10.1. The molecule has 0 fully saturated rings. The number of benzene rings is 1. The molecule has 1 rings (SSSR count). The summed E-state index contributed by atoms with van der Waals surface area (Å²) < 4.78 is 9.70. The van der Waals surface area contributed by atoms with Gasteiger partial charge in [-0.3, -0.25) is 19.7 Å². The van der Waals surface area contributed by atoms with Crippen molar-refractivity contribution in [2.45, 2.75) is 26.7 Å². The Bertz CT molecular complexity index is 694. The zero-order chi connectivity index (χ0) is 18.8. The molecule has 1 aromatic rings. The molecule has 0 aliphatic rings. The van der Waals surface area contributed by atoms with Crippen LogP contribution >= 0.6 is 0 Å². The topological polar surface area (TPSA) is 113 Å². The average molecular weight is 349 g/mol. The second-order valence-electron chi connectivity index (χ2n) is 4.98. The van der Waals surface area contributed by atoms with Gasteiger partial charge < -0.3 is 9.47 Å². The van der Waals surface area contributed by atoms with Gasteiger partial charge in [0.1, 0.15) is 5.57 Å². The molecule has 134 valence electrons. The van der Waals surface area contributed by atoms with Gasteiger partial charge in [-0.25, -0.2) is 4.79 Å². The summed E-state index contributed by atoms with van der Waals surface area (Å²) in [5.41, 5.74) is -0.231. The maximum atomic E-state index is 12.2. The van der Waals surface area contributed by atoms with E-state index in [0.29, 0.717) is 6.42 Å². The third-order valence-electron chi connectivity index (χ3n) is 3.00. The number of carbonyl (C=O) groups excluding carboxylic acids is 3. The van der Waals surface area contributed by atoms with Crippen molar-refractivity contribution in [3.05, 3.63) is 45.5 Å². The number of Topliss-reactive ketones (excluding diaryl/α,β-unsaturated/α-hetero) is 1. The number of nitro benzene ring substituents is 1. The number of non-ortho nitro benzene ring substituents is 1. The van der Waals surface area contributed by atoms with E-state index in [1.165, 1.54) is 30.3 Å².